The number of nitrogens with zero attached hydrogens (tertiary/aromatic N) is 1. The Bertz CT molecular complexity index is 153. The number of ether oxygens (including phenoxy) is 1. The Morgan fingerprint density at radius 1 is 1.50 bits per heavy atom. The molecular weight excluding hydrogens is 154 g/mol. The van der Waals surface area contributed by atoms with E-state index >= 15 is 0 Å². The summed E-state index contributed by atoms with van der Waals surface area (Å²) >= 11 is 0. The zero-order valence-electron chi connectivity index (χ0n) is 8.04. The molecule has 3 heteroatoms. The Morgan fingerprint density at radius 2 is 2.17 bits per heavy atom. The minimum Gasteiger partial charge on any atom is -0.462 e. The predicted octanol–water partition coefficient (Wildman–Crippen LogP) is 1.41. The van der Waals surface area contributed by atoms with E-state index in [1.165, 1.54) is 6.08 Å². The Kier molecular flexibility index (Phi) is 6.15. The highest BCUT2D eigenvalue weighted by molar-refractivity contribution is 5.81. The molecule has 0 aliphatic carbocycles. The predicted molar refractivity (Wildman–Crippen MR) is 48.7 cm³/mol. The molecule has 0 amide bonds. The van der Waals surface area contributed by atoms with Gasteiger partial charge in [0.1, 0.15) is 0 Å². The van der Waals surface area contributed by atoms with Gasteiger partial charge in [0.2, 0.25) is 0 Å². The number of carbonyl (C=O) groups excluding carboxylic acids is 1. The van der Waals surface area contributed by atoms with E-state index in [0.29, 0.717) is 6.61 Å². The lowest BCUT2D eigenvalue weighted by Crippen LogP contribution is -2.06. The topological polar surface area (TPSA) is 29.5 Å². The van der Waals surface area contributed by atoms with Crippen molar-refractivity contribution in [3.8, 4) is 0 Å². The monoisotopic (exact) mass is 171 g/mol. The first-order valence-electron chi connectivity index (χ1n) is 4.18. The second-order valence-corrected chi connectivity index (χ2v) is 2.80. The van der Waals surface area contributed by atoms with Crippen LogP contribution in [0.5, 0.6) is 0 Å². The molecule has 0 spiro atoms. The Balaban J connectivity index is 3.46. The molecule has 0 aromatic carbocycles. The van der Waals surface area contributed by atoms with Gasteiger partial charge < -0.3 is 9.64 Å². The van der Waals surface area contributed by atoms with Gasteiger partial charge in [-0.3, -0.25) is 0 Å². The molecule has 0 aromatic heterocycles. The molecule has 0 atom stereocenters. The van der Waals surface area contributed by atoms with Gasteiger partial charge in [-0.05, 0) is 6.42 Å². The van der Waals surface area contributed by atoms with Crippen LogP contribution in [0.25, 0.3) is 0 Å². The summed E-state index contributed by atoms with van der Waals surface area (Å²) in [7, 11) is 3.71. The molecule has 0 aromatic rings. The fourth-order valence-electron chi connectivity index (χ4n) is 0.575. The van der Waals surface area contributed by atoms with E-state index in [1.807, 2.05) is 14.1 Å². The summed E-state index contributed by atoms with van der Waals surface area (Å²) in [6.45, 7) is 2.58. The Morgan fingerprint density at radius 3 is 2.67 bits per heavy atom. The maximum Gasteiger partial charge on any atom is 0.332 e. The van der Waals surface area contributed by atoms with Crippen molar-refractivity contribution in [2.24, 2.45) is 0 Å². The van der Waals surface area contributed by atoms with Crippen LogP contribution in [0.1, 0.15) is 19.8 Å². The number of esters is 1. The molecule has 0 N–H and O–H groups in total. The first-order chi connectivity index (χ1) is 5.66. The molecule has 70 valence electrons. The molecule has 0 bridgehead atoms. The summed E-state index contributed by atoms with van der Waals surface area (Å²) in [5.74, 6) is -0.267. The van der Waals surface area contributed by atoms with Gasteiger partial charge in [0.25, 0.3) is 0 Å². The van der Waals surface area contributed by atoms with E-state index in [1.54, 1.807) is 11.1 Å². The van der Waals surface area contributed by atoms with E-state index in [2.05, 4.69) is 6.92 Å². The number of unbranched alkanes of at least 4 members (excludes halogenated alkanes) is 1. The largest absolute Gasteiger partial charge is 0.462 e. The maximum absolute atomic E-state index is 10.9. The lowest BCUT2D eigenvalue weighted by Gasteiger charge is -2.03. The van der Waals surface area contributed by atoms with Crippen LogP contribution >= 0.6 is 0 Å². The molecule has 0 unspecified atom stereocenters. The molecule has 0 heterocycles. The molecule has 0 aliphatic heterocycles. The summed E-state index contributed by atoms with van der Waals surface area (Å²) in [4.78, 5) is 12.7. The third kappa shape index (κ3) is 7.12. The molecule has 0 fully saturated rings. The fourth-order valence-corrected chi connectivity index (χ4v) is 0.575. The number of hydrogen-bond acceptors (Lipinski definition) is 3. The van der Waals surface area contributed by atoms with Crippen molar-refractivity contribution in [1.29, 1.82) is 0 Å². The fraction of sp³-hybridized carbons (Fsp3) is 0.667. The second kappa shape index (κ2) is 6.70. The van der Waals surface area contributed by atoms with Crippen LogP contribution < -0.4 is 0 Å². The summed E-state index contributed by atoms with van der Waals surface area (Å²) in [6.07, 6.45) is 5.08. The van der Waals surface area contributed by atoms with Gasteiger partial charge in [0.15, 0.2) is 0 Å². The van der Waals surface area contributed by atoms with Crippen LogP contribution in [0, 0.1) is 0 Å². The molecule has 0 aliphatic rings. The highest BCUT2D eigenvalue weighted by atomic mass is 16.5. The van der Waals surface area contributed by atoms with E-state index < -0.39 is 0 Å². The van der Waals surface area contributed by atoms with Crippen molar-refractivity contribution in [2.45, 2.75) is 19.8 Å². The van der Waals surface area contributed by atoms with Crippen LogP contribution in [-0.2, 0) is 9.53 Å². The zero-order valence-corrected chi connectivity index (χ0v) is 8.04. The lowest BCUT2D eigenvalue weighted by molar-refractivity contribution is -0.137. The van der Waals surface area contributed by atoms with E-state index in [4.69, 9.17) is 4.74 Å². The Hall–Kier alpha value is -0.990. The molecule has 3 nitrogen and oxygen atoms in total. The first-order valence-corrected chi connectivity index (χ1v) is 4.18. The van der Waals surface area contributed by atoms with Crippen molar-refractivity contribution in [3.63, 3.8) is 0 Å². The minimum absolute atomic E-state index is 0.267. The van der Waals surface area contributed by atoms with Gasteiger partial charge in [0, 0.05) is 26.4 Å². The lowest BCUT2D eigenvalue weighted by atomic mass is 10.4. The molecule has 0 saturated carbocycles. The van der Waals surface area contributed by atoms with Crippen molar-refractivity contribution >= 4 is 5.97 Å². The summed E-state index contributed by atoms with van der Waals surface area (Å²) < 4.78 is 4.88. The normalized spacial score (nSPS) is 10.2. The molecule has 0 radical (unpaired) electrons. The minimum atomic E-state index is -0.267. The highest BCUT2D eigenvalue weighted by Gasteiger charge is 1.94. The van der Waals surface area contributed by atoms with Crippen LogP contribution in [0.2, 0.25) is 0 Å². The first kappa shape index (κ1) is 11.0. The average Bonchev–Trinajstić information content (AvgIpc) is 2.01. The van der Waals surface area contributed by atoms with Crippen molar-refractivity contribution in [3.05, 3.63) is 12.3 Å². The van der Waals surface area contributed by atoms with Crippen LogP contribution in [0.15, 0.2) is 12.3 Å². The maximum atomic E-state index is 10.9. The molecule has 0 saturated heterocycles. The van der Waals surface area contributed by atoms with E-state index in [0.717, 1.165) is 12.8 Å². The zero-order chi connectivity index (χ0) is 9.40. The van der Waals surface area contributed by atoms with Gasteiger partial charge >= 0.3 is 5.97 Å². The van der Waals surface area contributed by atoms with Crippen LogP contribution in [-0.4, -0.2) is 31.6 Å². The molecule has 12 heavy (non-hydrogen) atoms. The smallest absolute Gasteiger partial charge is 0.332 e. The van der Waals surface area contributed by atoms with Crippen molar-refractivity contribution < 1.29 is 9.53 Å². The SMILES string of the molecule is CCCCOC(=O)/C=C/N(C)C. The van der Waals surface area contributed by atoms with Crippen LogP contribution in [0.4, 0.5) is 0 Å². The number of rotatable bonds is 5. The summed E-state index contributed by atoms with van der Waals surface area (Å²) in [5.41, 5.74) is 0. The Labute approximate surface area is 74.0 Å². The summed E-state index contributed by atoms with van der Waals surface area (Å²) in [5, 5.41) is 0. The highest BCUT2D eigenvalue weighted by Crippen LogP contribution is 1.89. The van der Waals surface area contributed by atoms with Gasteiger partial charge in [0.05, 0.1) is 6.61 Å². The second-order valence-electron chi connectivity index (χ2n) is 2.80. The number of hydrogen-bond donors (Lipinski definition) is 0. The van der Waals surface area contributed by atoms with Gasteiger partial charge in [-0.2, -0.15) is 0 Å². The van der Waals surface area contributed by atoms with E-state index in [-0.39, 0.29) is 5.97 Å². The van der Waals surface area contributed by atoms with Crippen LogP contribution in [0.3, 0.4) is 0 Å². The quantitative estimate of drug-likeness (QED) is 0.356. The standard InChI is InChI=1S/C9H17NO2/c1-4-5-8-12-9(11)6-7-10(2)3/h6-7H,4-5,8H2,1-3H3/b7-6+. The van der Waals surface area contributed by atoms with Gasteiger partial charge in [-0.25, -0.2) is 4.79 Å². The van der Waals surface area contributed by atoms with Gasteiger partial charge in [-0.15, -0.1) is 0 Å². The van der Waals surface area contributed by atoms with Crippen molar-refractivity contribution in [1.82, 2.24) is 4.90 Å². The van der Waals surface area contributed by atoms with Crippen molar-refractivity contribution in [2.75, 3.05) is 20.7 Å². The third-order valence-corrected chi connectivity index (χ3v) is 1.25. The van der Waals surface area contributed by atoms with Gasteiger partial charge in [-0.1, -0.05) is 13.3 Å². The summed E-state index contributed by atoms with van der Waals surface area (Å²) in [6, 6.07) is 0. The molecular formula is C9H17NO2. The third-order valence-electron chi connectivity index (χ3n) is 1.25. The number of carbonyl (C=O) groups is 1. The molecule has 0 rings (SSSR count). The average molecular weight is 171 g/mol. The van der Waals surface area contributed by atoms with E-state index in [9.17, 15) is 4.79 Å².